The van der Waals surface area contributed by atoms with Gasteiger partial charge in [-0.25, -0.2) is 4.84 Å². The molecule has 1 unspecified atom stereocenters. The second-order valence-corrected chi connectivity index (χ2v) is 9.80. The van der Waals surface area contributed by atoms with Gasteiger partial charge in [0.05, 0.1) is 28.2 Å². The van der Waals surface area contributed by atoms with E-state index in [4.69, 9.17) is 4.84 Å². The lowest BCUT2D eigenvalue weighted by Gasteiger charge is -2.31. The topological polar surface area (TPSA) is 125 Å². The fraction of sp³-hybridized carbons (Fsp3) is 0.286. The quantitative estimate of drug-likeness (QED) is 0.252. The highest BCUT2D eigenvalue weighted by molar-refractivity contribution is 6.20. The molecule has 0 saturated carbocycles. The summed E-state index contributed by atoms with van der Waals surface area (Å²) in [7, 11) is 1.99. The average Bonchev–Trinajstić information content (AvgIpc) is 3.62. The highest BCUT2D eigenvalue weighted by Gasteiger charge is 2.40. The van der Waals surface area contributed by atoms with Crippen molar-refractivity contribution < 1.29 is 19.2 Å². The number of hydroxylamine groups is 2. The Kier molecular flexibility index (Phi) is 6.60. The predicted molar refractivity (Wildman–Crippen MR) is 146 cm³/mol. The van der Waals surface area contributed by atoms with Crippen LogP contribution in [0.1, 0.15) is 56.0 Å². The van der Waals surface area contributed by atoms with Crippen LogP contribution in [-0.2, 0) is 4.84 Å². The van der Waals surface area contributed by atoms with Gasteiger partial charge in [-0.05, 0) is 60.9 Å². The maximum Gasteiger partial charge on any atom is 0.285 e. The van der Waals surface area contributed by atoms with Crippen LogP contribution in [0.15, 0.2) is 60.7 Å². The zero-order valence-corrected chi connectivity index (χ0v) is 22.1. The molecule has 0 spiro atoms. The van der Waals surface area contributed by atoms with Gasteiger partial charge in [0.15, 0.2) is 5.65 Å². The van der Waals surface area contributed by atoms with Crippen molar-refractivity contribution in [2.75, 3.05) is 30.1 Å². The first-order valence-electron chi connectivity index (χ1n) is 13.1. The van der Waals surface area contributed by atoms with Gasteiger partial charge in [0.1, 0.15) is 12.9 Å². The van der Waals surface area contributed by atoms with Crippen molar-refractivity contribution in [1.29, 1.82) is 0 Å². The van der Waals surface area contributed by atoms with E-state index in [1.807, 2.05) is 43.1 Å². The molecular weight excluding hydrogens is 512 g/mol. The van der Waals surface area contributed by atoms with Gasteiger partial charge in [-0.15, -0.1) is 10.2 Å². The first-order chi connectivity index (χ1) is 19.5. The van der Waals surface area contributed by atoms with E-state index in [2.05, 4.69) is 25.7 Å². The Bertz CT molecular complexity index is 1570. The van der Waals surface area contributed by atoms with E-state index in [1.54, 1.807) is 40.9 Å². The number of fused-ring (bicyclic) bond motifs is 3. The van der Waals surface area contributed by atoms with Crippen LogP contribution in [0.25, 0.3) is 5.65 Å². The van der Waals surface area contributed by atoms with Crippen LogP contribution in [0.2, 0.25) is 0 Å². The number of carbonyl (C=O) groups excluding carboxylic acids is 3. The number of aromatic nitrogens is 4. The number of amides is 3. The number of anilines is 2. The third-order valence-electron chi connectivity index (χ3n) is 7.42. The Balaban J connectivity index is 1.17. The molecule has 12 nitrogen and oxygen atoms in total. The number of hydrogen-bond donors (Lipinski definition) is 1. The summed E-state index contributed by atoms with van der Waals surface area (Å²) in [6, 6.07) is 17.7. The van der Waals surface area contributed by atoms with Crippen LogP contribution in [0, 0.1) is 6.92 Å². The summed E-state index contributed by atoms with van der Waals surface area (Å²) in [5.74, 6) is -1.05. The molecule has 4 heterocycles. The number of tetrazole rings is 1. The van der Waals surface area contributed by atoms with Gasteiger partial charge in [-0.2, -0.15) is 4.52 Å². The summed E-state index contributed by atoms with van der Waals surface area (Å²) in [5.41, 5.74) is 4.52. The van der Waals surface area contributed by atoms with E-state index < -0.39 is 11.8 Å². The van der Waals surface area contributed by atoms with Gasteiger partial charge < -0.3 is 15.1 Å². The first kappa shape index (κ1) is 25.4. The summed E-state index contributed by atoms with van der Waals surface area (Å²) in [6.07, 6.45) is 2.21. The van der Waals surface area contributed by atoms with Gasteiger partial charge in [0.2, 0.25) is 0 Å². The molecule has 2 aromatic carbocycles. The zero-order valence-electron chi connectivity index (χ0n) is 22.1. The number of hydrogen-bond acceptors (Lipinski definition) is 9. The Morgan fingerprint density at radius 1 is 1.00 bits per heavy atom. The first-order valence-corrected chi connectivity index (χ1v) is 13.1. The van der Waals surface area contributed by atoms with Gasteiger partial charge in [0, 0.05) is 25.2 Å². The molecule has 4 aromatic rings. The number of imide groups is 1. The lowest BCUT2D eigenvalue weighted by molar-refractivity contribution is -0.0918. The highest BCUT2D eigenvalue weighted by Crippen LogP contribution is 2.43. The van der Waals surface area contributed by atoms with Crippen molar-refractivity contribution >= 4 is 34.7 Å². The number of benzene rings is 2. The molecule has 6 rings (SSSR count). The fourth-order valence-electron chi connectivity index (χ4n) is 5.43. The Morgan fingerprint density at radius 2 is 1.70 bits per heavy atom. The smallest absolute Gasteiger partial charge is 0.285 e. The third-order valence-corrected chi connectivity index (χ3v) is 7.42. The molecule has 204 valence electrons. The van der Waals surface area contributed by atoms with Crippen LogP contribution in [0.3, 0.4) is 0 Å². The molecule has 3 amide bonds. The highest BCUT2D eigenvalue weighted by atomic mass is 16.7. The van der Waals surface area contributed by atoms with Crippen molar-refractivity contribution in [2.45, 2.75) is 32.4 Å². The van der Waals surface area contributed by atoms with Crippen molar-refractivity contribution in [1.82, 2.24) is 30.4 Å². The largest absolute Gasteiger partial charge is 0.352 e. The van der Waals surface area contributed by atoms with Crippen molar-refractivity contribution in [3.63, 3.8) is 0 Å². The number of rotatable bonds is 9. The number of pyridine rings is 1. The predicted octanol–water partition coefficient (Wildman–Crippen LogP) is 2.80. The second-order valence-electron chi connectivity index (χ2n) is 9.80. The number of carbonyl (C=O) groups is 3. The molecule has 2 aliphatic rings. The molecule has 0 radical (unpaired) electrons. The molecule has 12 heteroatoms. The van der Waals surface area contributed by atoms with Crippen molar-refractivity contribution in [2.24, 2.45) is 0 Å². The molecule has 0 saturated heterocycles. The third kappa shape index (κ3) is 4.31. The van der Waals surface area contributed by atoms with Crippen LogP contribution >= 0.6 is 0 Å². The minimum atomic E-state index is -0.479. The molecule has 0 aliphatic carbocycles. The summed E-state index contributed by atoms with van der Waals surface area (Å²) in [5, 5.41) is 15.8. The number of nitrogens with one attached hydrogen (secondary N) is 1. The second kappa shape index (κ2) is 10.4. The molecular formula is C28H28N8O4. The fourth-order valence-corrected chi connectivity index (χ4v) is 5.43. The summed E-state index contributed by atoms with van der Waals surface area (Å²) in [6.45, 7) is 2.46. The van der Waals surface area contributed by atoms with Gasteiger partial charge >= 0.3 is 0 Å². The van der Waals surface area contributed by atoms with E-state index in [0.29, 0.717) is 28.9 Å². The van der Waals surface area contributed by atoms with Crippen molar-refractivity contribution in [3.05, 3.63) is 83.0 Å². The Morgan fingerprint density at radius 3 is 2.42 bits per heavy atom. The molecule has 40 heavy (non-hydrogen) atoms. The maximum absolute atomic E-state index is 12.9. The monoisotopic (exact) mass is 540 g/mol. The SMILES string of the molecule is Cc1c2c(cc3nnnn13)N(CON1C(=O)c3ccccc3C1=O)C(CCCCNC(=O)c1ccccc1)N2C. The maximum atomic E-state index is 12.9. The van der Waals surface area contributed by atoms with E-state index in [9.17, 15) is 14.4 Å². The zero-order chi connectivity index (χ0) is 27.8. The molecule has 1 N–H and O–H groups in total. The molecule has 1 atom stereocenters. The molecule has 2 aliphatic heterocycles. The molecule has 2 aromatic heterocycles. The lowest BCUT2D eigenvalue weighted by atomic mass is 10.1. The van der Waals surface area contributed by atoms with E-state index >= 15 is 0 Å². The minimum Gasteiger partial charge on any atom is -0.352 e. The van der Waals surface area contributed by atoms with Gasteiger partial charge in [-0.1, -0.05) is 30.3 Å². The summed E-state index contributed by atoms with van der Waals surface area (Å²) < 4.78 is 1.68. The minimum absolute atomic E-state index is 0.0323. The van der Waals surface area contributed by atoms with Gasteiger partial charge in [-0.3, -0.25) is 14.4 Å². The van der Waals surface area contributed by atoms with Gasteiger partial charge in [0.25, 0.3) is 17.7 Å². The van der Waals surface area contributed by atoms with Crippen molar-refractivity contribution in [3.8, 4) is 0 Å². The lowest BCUT2D eigenvalue weighted by Crippen LogP contribution is -2.45. The average molecular weight is 541 g/mol. The number of unbranched alkanes of at least 4 members (excludes halogenated alkanes) is 1. The number of nitrogens with zero attached hydrogens (tertiary/aromatic N) is 7. The Hall–Kier alpha value is -4.84. The summed E-state index contributed by atoms with van der Waals surface area (Å²) in [4.78, 5) is 48.2. The van der Waals surface area contributed by atoms with Crippen LogP contribution in [0.4, 0.5) is 11.4 Å². The Labute approximate surface area is 230 Å². The summed E-state index contributed by atoms with van der Waals surface area (Å²) >= 11 is 0. The van der Waals surface area contributed by atoms with E-state index in [-0.39, 0.29) is 18.8 Å². The van der Waals surface area contributed by atoms with Crippen LogP contribution < -0.4 is 15.1 Å². The molecule has 0 bridgehead atoms. The van der Waals surface area contributed by atoms with Crippen LogP contribution in [-0.4, -0.2) is 69.3 Å². The number of aryl methyl sites for hydroxylation is 1. The molecule has 0 fully saturated rings. The van der Waals surface area contributed by atoms with E-state index in [0.717, 1.165) is 41.4 Å². The van der Waals surface area contributed by atoms with Crippen LogP contribution in [0.5, 0.6) is 0 Å². The normalized spacial score (nSPS) is 16.1. The van der Waals surface area contributed by atoms with E-state index in [1.165, 1.54) is 0 Å². The standard InChI is InChI=1S/C28H28N8O4/c1-18-25-22(16-23-30-31-32-35(18)23)34(17-40-36-27(38)20-12-6-7-13-21(20)28(36)39)24(33(25)2)14-8-9-15-29-26(37)19-10-4-3-5-11-19/h3-7,10-13,16,24H,8-9,14-15,17H2,1-2H3,(H,29,37).